The van der Waals surface area contributed by atoms with E-state index in [-0.39, 0.29) is 11.3 Å². The van der Waals surface area contributed by atoms with E-state index in [1.807, 2.05) is 0 Å². The van der Waals surface area contributed by atoms with Gasteiger partial charge in [0.05, 0.1) is 32.9 Å². The first-order chi connectivity index (χ1) is 16.5. The van der Waals surface area contributed by atoms with Gasteiger partial charge in [0.2, 0.25) is 0 Å². The molecule has 4 rings (SSSR count). The summed E-state index contributed by atoms with van der Waals surface area (Å²) in [5.41, 5.74) is 1.03. The molecule has 8 nitrogen and oxygen atoms in total. The molecular weight excluding hydrogens is 436 g/mol. The lowest BCUT2D eigenvalue weighted by Crippen LogP contribution is -2.37. The van der Waals surface area contributed by atoms with E-state index in [0.717, 1.165) is 25.9 Å². The fourth-order valence-corrected chi connectivity index (χ4v) is 4.72. The summed E-state index contributed by atoms with van der Waals surface area (Å²) in [4.78, 5) is 30.3. The highest BCUT2D eigenvalue weighted by atomic mass is 16.5. The fourth-order valence-electron chi connectivity index (χ4n) is 4.72. The van der Waals surface area contributed by atoms with Gasteiger partial charge in [-0.25, -0.2) is 0 Å². The van der Waals surface area contributed by atoms with E-state index < -0.39 is 17.7 Å². The van der Waals surface area contributed by atoms with E-state index in [1.165, 1.54) is 19.1 Å². The molecular formula is C26H30N2O6. The number of rotatable bonds is 8. The van der Waals surface area contributed by atoms with Gasteiger partial charge in [-0.1, -0.05) is 12.1 Å². The van der Waals surface area contributed by atoms with Crippen LogP contribution in [0.5, 0.6) is 17.2 Å². The molecule has 2 heterocycles. The molecule has 8 heteroatoms. The van der Waals surface area contributed by atoms with Crippen LogP contribution in [0.2, 0.25) is 0 Å². The van der Waals surface area contributed by atoms with Crippen molar-refractivity contribution in [1.29, 1.82) is 0 Å². The molecule has 2 aliphatic heterocycles. The molecule has 1 unspecified atom stereocenters. The van der Waals surface area contributed by atoms with Crippen molar-refractivity contribution < 1.29 is 28.9 Å². The zero-order valence-corrected chi connectivity index (χ0v) is 19.7. The SMILES string of the molecule is COc1ccc(/C(O)=C2\C(=O)C(=O)N(CCN3CCCC3)C2c2cccc(OC)c2OC)cc1. The molecule has 2 aliphatic rings. The molecule has 1 N–H and O–H groups in total. The number of benzene rings is 2. The Morgan fingerprint density at radius 2 is 1.65 bits per heavy atom. The lowest BCUT2D eigenvalue weighted by molar-refractivity contribution is -0.140. The van der Waals surface area contributed by atoms with Crippen LogP contribution in [-0.4, -0.2) is 74.1 Å². The molecule has 0 saturated carbocycles. The largest absolute Gasteiger partial charge is 0.507 e. The molecule has 180 valence electrons. The molecule has 2 aromatic carbocycles. The predicted molar refractivity (Wildman–Crippen MR) is 127 cm³/mol. The van der Waals surface area contributed by atoms with Gasteiger partial charge in [0.1, 0.15) is 11.5 Å². The van der Waals surface area contributed by atoms with Gasteiger partial charge >= 0.3 is 0 Å². The minimum atomic E-state index is -0.810. The van der Waals surface area contributed by atoms with E-state index in [2.05, 4.69) is 4.90 Å². The van der Waals surface area contributed by atoms with Crippen LogP contribution < -0.4 is 14.2 Å². The molecule has 0 bridgehead atoms. The van der Waals surface area contributed by atoms with Crippen molar-refractivity contribution >= 4 is 17.4 Å². The van der Waals surface area contributed by atoms with E-state index in [4.69, 9.17) is 14.2 Å². The summed E-state index contributed by atoms with van der Waals surface area (Å²) in [6.45, 7) is 2.96. The second-order valence-electron chi connectivity index (χ2n) is 8.35. The Labute approximate surface area is 199 Å². The van der Waals surface area contributed by atoms with Crippen LogP contribution in [0.3, 0.4) is 0 Å². The van der Waals surface area contributed by atoms with Crippen LogP contribution in [0.4, 0.5) is 0 Å². The summed E-state index contributed by atoms with van der Waals surface area (Å²) < 4.78 is 16.3. The van der Waals surface area contributed by atoms with Crippen LogP contribution >= 0.6 is 0 Å². The molecule has 1 atom stereocenters. The third-order valence-corrected chi connectivity index (χ3v) is 6.49. The fraction of sp³-hybridized carbons (Fsp3) is 0.385. The van der Waals surface area contributed by atoms with Gasteiger partial charge in [-0.05, 0) is 56.3 Å². The summed E-state index contributed by atoms with van der Waals surface area (Å²) in [7, 11) is 4.60. The number of ketones is 1. The van der Waals surface area contributed by atoms with E-state index in [9.17, 15) is 14.7 Å². The van der Waals surface area contributed by atoms with Crippen LogP contribution in [-0.2, 0) is 9.59 Å². The van der Waals surface area contributed by atoms with Gasteiger partial charge in [-0.15, -0.1) is 0 Å². The van der Waals surface area contributed by atoms with Crippen molar-refractivity contribution in [2.24, 2.45) is 0 Å². The lowest BCUT2D eigenvalue weighted by Gasteiger charge is -2.28. The highest BCUT2D eigenvalue weighted by molar-refractivity contribution is 6.46. The number of carbonyl (C=O) groups is 2. The number of Topliss-reactive ketones (excluding diaryl/α,β-unsaturated/α-hetero) is 1. The maximum atomic E-state index is 13.3. The molecule has 34 heavy (non-hydrogen) atoms. The molecule has 2 aromatic rings. The van der Waals surface area contributed by atoms with Crippen LogP contribution in [0.1, 0.15) is 30.0 Å². The smallest absolute Gasteiger partial charge is 0.295 e. The van der Waals surface area contributed by atoms with Gasteiger partial charge in [0, 0.05) is 24.2 Å². The van der Waals surface area contributed by atoms with Crippen LogP contribution in [0, 0.1) is 0 Å². The highest BCUT2D eigenvalue weighted by Crippen LogP contribution is 2.45. The number of hydrogen-bond acceptors (Lipinski definition) is 7. The average Bonchev–Trinajstić information content (AvgIpc) is 3.48. The molecule has 0 aliphatic carbocycles. The number of para-hydroxylation sites is 1. The monoisotopic (exact) mass is 466 g/mol. The van der Waals surface area contributed by atoms with Crippen molar-refractivity contribution in [3.05, 3.63) is 59.2 Å². The number of methoxy groups -OCH3 is 3. The number of likely N-dealkylation sites (tertiary alicyclic amines) is 2. The number of ether oxygens (including phenoxy) is 3. The number of nitrogens with zero attached hydrogens (tertiary/aromatic N) is 2. The number of carbonyl (C=O) groups excluding carboxylic acids is 2. The zero-order valence-electron chi connectivity index (χ0n) is 19.7. The Morgan fingerprint density at radius 1 is 0.941 bits per heavy atom. The van der Waals surface area contributed by atoms with E-state index >= 15 is 0 Å². The third-order valence-electron chi connectivity index (χ3n) is 6.49. The summed E-state index contributed by atoms with van der Waals surface area (Å²) in [6, 6.07) is 11.2. The van der Waals surface area contributed by atoms with Gasteiger partial charge in [0.15, 0.2) is 11.5 Å². The zero-order chi connectivity index (χ0) is 24.2. The number of amides is 1. The van der Waals surface area contributed by atoms with Crippen LogP contribution in [0.25, 0.3) is 5.76 Å². The minimum Gasteiger partial charge on any atom is -0.507 e. The highest BCUT2D eigenvalue weighted by Gasteiger charge is 2.47. The van der Waals surface area contributed by atoms with Gasteiger partial charge < -0.3 is 29.1 Å². The maximum Gasteiger partial charge on any atom is 0.295 e. The molecule has 0 aromatic heterocycles. The standard InChI is InChI=1S/C26H30N2O6/c1-32-18-11-9-17(10-12-18)23(29)21-22(19-7-6-8-20(33-2)25(19)34-3)28(26(31)24(21)30)16-15-27-13-4-5-14-27/h6-12,22,29H,4-5,13-16H2,1-3H3/b23-21+. The number of aliphatic hydroxyl groups excluding tert-OH is 1. The number of aliphatic hydroxyl groups is 1. The first kappa shape index (κ1) is 23.6. The van der Waals surface area contributed by atoms with Crippen molar-refractivity contribution in [2.75, 3.05) is 47.5 Å². The average molecular weight is 467 g/mol. The Kier molecular flexibility index (Phi) is 7.07. The Hall–Kier alpha value is -3.52. The van der Waals surface area contributed by atoms with E-state index in [0.29, 0.717) is 41.5 Å². The Balaban J connectivity index is 1.83. The van der Waals surface area contributed by atoms with Gasteiger partial charge in [0.25, 0.3) is 11.7 Å². The quantitative estimate of drug-likeness (QED) is 0.363. The Morgan fingerprint density at radius 3 is 2.26 bits per heavy atom. The summed E-state index contributed by atoms with van der Waals surface area (Å²) in [5, 5.41) is 11.2. The molecule has 0 radical (unpaired) electrons. The molecule has 0 spiro atoms. The van der Waals surface area contributed by atoms with Crippen molar-refractivity contribution in [1.82, 2.24) is 9.80 Å². The second kappa shape index (κ2) is 10.2. The van der Waals surface area contributed by atoms with E-state index in [1.54, 1.807) is 49.6 Å². The molecule has 2 fully saturated rings. The van der Waals surface area contributed by atoms with Crippen molar-refractivity contribution in [3.8, 4) is 17.2 Å². The van der Waals surface area contributed by atoms with Crippen molar-refractivity contribution in [3.63, 3.8) is 0 Å². The summed E-state index contributed by atoms with van der Waals surface area (Å²) in [6.07, 6.45) is 2.26. The Bertz CT molecular complexity index is 1090. The van der Waals surface area contributed by atoms with Crippen LogP contribution in [0.15, 0.2) is 48.0 Å². The summed E-state index contributed by atoms with van der Waals surface area (Å²) >= 11 is 0. The maximum absolute atomic E-state index is 13.3. The lowest BCUT2D eigenvalue weighted by atomic mass is 9.94. The predicted octanol–water partition coefficient (Wildman–Crippen LogP) is 3.23. The number of hydrogen-bond donors (Lipinski definition) is 1. The second-order valence-corrected chi connectivity index (χ2v) is 8.35. The first-order valence-corrected chi connectivity index (χ1v) is 11.4. The first-order valence-electron chi connectivity index (χ1n) is 11.4. The topological polar surface area (TPSA) is 88.5 Å². The third kappa shape index (κ3) is 4.33. The van der Waals surface area contributed by atoms with Crippen molar-refractivity contribution in [2.45, 2.75) is 18.9 Å². The molecule has 2 saturated heterocycles. The molecule has 1 amide bonds. The normalized spacial score (nSPS) is 20.1. The van der Waals surface area contributed by atoms with Gasteiger partial charge in [-0.2, -0.15) is 0 Å². The van der Waals surface area contributed by atoms with Gasteiger partial charge in [-0.3, -0.25) is 9.59 Å². The minimum absolute atomic E-state index is 0.0307. The summed E-state index contributed by atoms with van der Waals surface area (Å²) in [5.74, 6) is -0.0693.